The van der Waals surface area contributed by atoms with Crippen molar-refractivity contribution < 1.29 is 9.15 Å². The first-order valence-corrected chi connectivity index (χ1v) is 5.73. The number of furan rings is 1. The fourth-order valence-corrected chi connectivity index (χ4v) is 1.67. The molecule has 3 nitrogen and oxygen atoms in total. The van der Waals surface area contributed by atoms with Crippen molar-refractivity contribution in [3.63, 3.8) is 0 Å². The average molecular weight is 225 g/mol. The predicted molar refractivity (Wildman–Crippen MR) is 65.4 cm³/mol. The van der Waals surface area contributed by atoms with E-state index in [0.717, 1.165) is 6.54 Å². The highest BCUT2D eigenvalue weighted by Gasteiger charge is 2.24. The molecule has 1 aromatic rings. The van der Waals surface area contributed by atoms with Crippen LogP contribution in [0.1, 0.15) is 39.3 Å². The Labute approximate surface area is 98.2 Å². The summed E-state index contributed by atoms with van der Waals surface area (Å²) in [7, 11) is 1.76. The Morgan fingerprint density at radius 1 is 1.44 bits per heavy atom. The standard InChI is InChI=1S/C13H23NO2/c1-10(11-6-7-16-9-11)14-8-12(15-5)13(2,3)4/h6-7,9-10,12,14H,8H2,1-5H3. The molecular weight excluding hydrogens is 202 g/mol. The van der Waals surface area contributed by atoms with Gasteiger partial charge in [0.25, 0.3) is 0 Å². The topological polar surface area (TPSA) is 34.4 Å². The molecule has 92 valence electrons. The Morgan fingerprint density at radius 3 is 2.56 bits per heavy atom. The summed E-state index contributed by atoms with van der Waals surface area (Å²) in [5.74, 6) is 0. The van der Waals surface area contributed by atoms with E-state index in [0.29, 0.717) is 6.04 Å². The van der Waals surface area contributed by atoms with E-state index < -0.39 is 0 Å². The normalized spacial score (nSPS) is 16.1. The lowest BCUT2D eigenvalue weighted by Gasteiger charge is -2.30. The van der Waals surface area contributed by atoms with Crippen LogP contribution in [0.4, 0.5) is 0 Å². The SMILES string of the molecule is COC(CNC(C)c1ccoc1)C(C)(C)C. The van der Waals surface area contributed by atoms with Crippen LogP contribution in [0.3, 0.4) is 0 Å². The third kappa shape index (κ3) is 3.65. The van der Waals surface area contributed by atoms with Gasteiger partial charge in [-0.2, -0.15) is 0 Å². The number of hydrogen-bond acceptors (Lipinski definition) is 3. The van der Waals surface area contributed by atoms with E-state index >= 15 is 0 Å². The van der Waals surface area contributed by atoms with Crippen LogP contribution in [-0.4, -0.2) is 19.8 Å². The van der Waals surface area contributed by atoms with E-state index in [-0.39, 0.29) is 11.5 Å². The Hall–Kier alpha value is -0.800. The highest BCUT2D eigenvalue weighted by Crippen LogP contribution is 2.22. The van der Waals surface area contributed by atoms with Crippen LogP contribution < -0.4 is 5.32 Å². The summed E-state index contributed by atoms with van der Waals surface area (Å²) in [5, 5.41) is 3.46. The minimum absolute atomic E-state index is 0.151. The molecule has 2 unspecified atom stereocenters. The zero-order valence-electron chi connectivity index (χ0n) is 10.9. The molecule has 3 heteroatoms. The second-order valence-corrected chi connectivity index (χ2v) is 5.28. The van der Waals surface area contributed by atoms with Gasteiger partial charge in [0.05, 0.1) is 18.6 Å². The second kappa shape index (κ2) is 5.51. The number of rotatable bonds is 5. The summed E-state index contributed by atoms with van der Waals surface area (Å²) >= 11 is 0. The Balaban J connectivity index is 2.44. The fourth-order valence-electron chi connectivity index (χ4n) is 1.67. The van der Waals surface area contributed by atoms with Gasteiger partial charge in [-0.05, 0) is 18.4 Å². The first kappa shape index (κ1) is 13.3. The van der Waals surface area contributed by atoms with Gasteiger partial charge < -0.3 is 14.5 Å². The maximum absolute atomic E-state index is 5.50. The van der Waals surface area contributed by atoms with E-state index in [4.69, 9.17) is 9.15 Å². The van der Waals surface area contributed by atoms with Crippen LogP contribution >= 0.6 is 0 Å². The van der Waals surface area contributed by atoms with Crippen molar-refractivity contribution in [2.24, 2.45) is 5.41 Å². The largest absolute Gasteiger partial charge is 0.472 e. The molecule has 1 heterocycles. The van der Waals surface area contributed by atoms with E-state index in [9.17, 15) is 0 Å². The summed E-state index contributed by atoms with van der Waals surface area (Å²) in [6, 6.07) is 2.27. The summed E-state index contributed by atoms with van der Waals surface area (Å²) < 4.78 is 10.6. The van der Waals surface area contributed by atoms with E-state index in [1.54, 1.807) is 19.6 Å². The Bertz CT molecular complexity index is 287. The van der Waals surface area contributed by atoms with Crippen LogP contribution in [0.25, 0.3) is 0 Å². The second-order valence-electron chi connectivity index (χ2n) is 5.28. The van der Waals surface area contributed by atoms with Gasteiger partial charge in [-0.1, -0.05) is 20.8 Å². The molecule has 0 radical (unpaired) electrons. The van der Waals surface area contributed by atoms with Gasteiger partial charge in [0.1, 0.15) is 0 Å². The molecule has 16 heavy (non-hydrogen) atoms. The molecule has 1 rings (SSSR count). The van der Waals surface area contributed by atoms with Crippen molar-refractivity contribution in [3.8, 4) is 0 Å². The molecule has 1 aromatic heterocycles. The number of nitrogens with one attached hydrogen (secondary N) is 1. The van der Waals surface area contributed by atoms with Crippen molar-refractivity contribution >= 4 is 0 Å². The number of hydrogen-bond donors (Lipinski definition) is 1. The van der Waals surface area contributed by atoms with Gasteiger partial charge in [0.15, 0.2) is 0 Å². The maximum Gasteiger partial charge on any atom is 0.0950 e. The highest BCUT2D eigenvalue weighted by molar-refractivity contribution is 5.10. The molecule has 0 aliphatic carbocycles. The van der Waals surface area contributed by atoms with E-state index in [1.807, 2.05) is 6.07 Å². The number of methoxy groups -OCH3 is 1. The van der Waals surface area contributed by atoms with Crippen molar-refractivity contribution in [1.82, 2.24) is 5.32 Å². The maximum atomic E-state index is 5.50. The van der Waals surface area contributed by atoms with E-state index in [1.165, 1.54) is 5.56 Å². The molecular formula is C13H23NO2. The molecule has 2 atom stereocenters. The van der Waals surface area contributed by atoms with Crippen molar-refractivity contribution in [1.29, 1.82) is 0 Å². The van der Waals surface area contributed by atoms with Crippen molar-refractivity contribution in [2.45, 2.75) is 39.8 Å². The van der Waals surface area contributed by atoms with Gasteiger partial charge >= 0.3 is 0 Å². The molecule has 0 fully saturated rings. The predicted octanol–water partition coefficient (Wildman–Crippen LogP) is 2.99. The summed E-state index contributed by atoms with van der Waals surface area (Å²) in [6.07, 6.45) is 3.68. The molecule has 0 aliphatic rings. The summed E-state index contributed by atoms with van der Waals surface area (Å²) in [5.41, 5.74) is 1.32. The molecule has 0 spiro atoms. The molecule has 0 amide bonds. The molecule has 0 saturated heterocycles. The zero-order valence-corrected chi connectivity index (χ0v) is 10.9. The fraction of sp³-hybridized carbons (Fsp3) is 0.692. The third-order valence-corrected chi connectivity index (χ3v) is 2.90. The molecule has 0 bridgehead atoms. The lowest BCUT2D eigenvalue weighted by molar-refractivity contribution is 0.0159. The molecule has 1 N–H and O–H groups in total. The Kier molecular flexibility index (Phi) is 4.56. The van der Waals surface area contributed by atoms with Crippen molar-refractivity contribution in [2.75, 3.05) is 13.7 Å². The van der Waals surface area contributed by atoms with Gasteiger partial charge in [0.2, 0.25) is 0 Å². The summed E-state index contributed by atoms with van der Waals surface area (Å²) in [4.78, 5) is 0. The van der Waals surface area contributed by atoms with Crippen LogP contribution in [0, 0.1) is 5.41 Å². The number of ether oxygens (including phenoxy) is 1. The van der Waals surface area contributed by atoms with E-state index in [2.05, 4.69) is 33.0 Å². The first-order valence-electron chi connectivity index (χ1n) is 5.73. The van der Waals surface area contributed by atoms with Gasteiger partial charge in [0, 0.05) is 25.3 Å². The zero-order chi connectivity index (χ0) is 12.2. The monoisotopic (exact) mass is 225 g/mol. The Morgan fingerprint density at radius 2 is 2.12 bits per heavy atom. The van der Waals surface area contributed by atoms with Crippen molar-refractivity contribution in [3.05, 3.63) is 24.2 Å². The van der Waals surface area contributed by atoms with Crippen LogP contribution in [0.15, 0.2) is 23.0 Å². The van der Waals surface area contributed by atoms with Gasteiger partial charge in [-0.3, -0.25) is 0 Å². The van der Waals surface area contributed by atoms with Gasteiger partial charge in [-0.15, -0.1) is 0 Å². The lowest BCUT2D eigenvalue weighted by atomic mass is 9.89. The molecule has 0 aromatic carbocycles. The minimum Gasteiger partial charge on any atom is -0.472 e. The minimum atomic E-state index is 0.151. The average Bonchev–Trinajstić information content (AvgIpc) is 2.68. The smallest absolute Gasteiger partial charge is 0.0950 e. The van der Waals surface area contributed by atoms with Crippen LogP contribution in [-0.2, 0) is 4.74 Å². The highest BCUT2D eigenvalue weighted by atomic mass is 16.5. The van der Waals surface area contributed by atoms with Crippen LogP contribution in [0.5, 0.6) is 0 Å². The quantitative estimate of drug-likeness (QED) is 0.836. The summed E-state index contributed by atoms with van der Waals surface area (Å²) in [6.45, 7) is 9.52. The van der Waals surface area contributed by atoms with Gasteiger partial charge in [-0.25, -0.2) is 0 Å². The molecule has 0 aliphatic heterocycles. The molecule has 0 saturated carbocycles. The van der Waals surface area contributed by atoms with Crippen LogP contribution in [0.2, 0.25) is 0 Å². The third-order valence-electron chi connectivity index (χ3n) is 2.90. The first-order chi connectivity index (χ1) is 7.45. The lowest BCUT2D eigenvalue weighted by Crippen LogP contribution is -2.39.